The molecule has 3 aromatic heterocycles. The molecule has 1 fully saturated rings. The normalized spacial score (nSPS) is 19.1. The summed E-state index contributed by atoms with van der Waals surface area (Å²) < 4.78 is 49.0. The van der Waals surface area contributed by atoms with Crippen LogP contribution in [-0.4, -0.2) is 58.5 Å². The summed E-state index contributed by atoms with van der Waals surface area (Å²) >= 11 is 0. The average Bonchev–Trinajstić information content (AvgIpc) is 3.38. The number of hydrogen-bond acceptors (Lipinski definition) is 7. The molecule has 2 aliphatic rings. The number of piperidine rings is 1. The Labute approximate surface area is 224 Å². The Hall–Kier alpha value is -4.22. The summed E-state index contributed by atoms with van der Waals surface area (Å²) in [7, 11) is -2.50. The fourth-order valence-electron chi connectivity index (χ4n) is 5.34. The van der Waals surface area contributed by atoms with Crippen LogP contribution in [0.1, 0.15) is 28.2 Å². The Morgan fingerprint density at radius 1 is 1.05 bits per heavy atom. The average molecular weight is 546 g/mol. The molecule has 1 saturated heterocycles. The number of methoxy groups -OCH3 is 1. The lowest BCUT2D eigenvalue weighted by atomic mass is 9.65. The van der Waals surface area contributed by atoms with Gasteiger partial charge in [-0.15, -0.1) is 0 Å². The van der Waals surface area contributed by atoms with E-state index in [1.807, 2.05) is 6.08 Å². The topological polar surface area (TPSA) is 107 Å². The van der Waals surface area contributed by atoms with Crippen LogP contribution in [-0.2, 0) is 16.4 Å². The molecule has 1 aliphatic carbocycles. The van der Waals surface area contributed by atoms with Crippen molar-refractivity contribution in [2.45, 2.75) is 17.7 Å². The molecule has 4 heterocycles. The van der Waals surface area contributed by atoms with Crippen LogP contribution in [0.4, 0.5) is 4.39 Å². The molecule has 0 N–H and O–H groups in total. The number of carbonyl (C=O) groups is 1. The molecule has 0 bridgehead atoms. The van der Waals surface area contributed by atoms with Crippen LogP contribution in [0.5, 0.6) is 5.88 Å². The third-order valence-electron chi connectivity index (χ3n) is 7.34. The second kappa shape index (κ2) is 9.51. The highest BCUT2D eigenvalue weighted by Crippen LogP contribution is 2.47. The van der Waals surface area contributed by atoms with Gasteiger partial charge in [0.1, 0.15) is 16.4 Å². The van der Waals surface area contributed by atoms with Gasteiger partial charge in [0.25, 0.3) is 0 Å². The molecular formula is C28H24FN5O4S. The van der Waals surface area contributed by atoms with Gasteiger partial charge in [0.2, 0.25) is 15.9 Å². The van der Waals surface area contributed by atoms with Crippen LogP contribution in [0.3, 0.4) is 0 Å². The third-order valence-corrected chi connectivity index (χ3v) is 9.17. The largest absolute Gasteiger partial charge is 0.481 e. The summed E-state index contributed by atoms with van der Waals surface area (Å²) in [5.41, 5.74) is 2.18. The number of nitrogens with zero attached hydrogens (tertiary/aromatic N) is 5. The zero-order valence-electron chi connectivity index (χ0n) is 21.0. The highest BCUT2D eigenvalue weighted by atomic mass is 32.2. The van der Waals surface area contributed by atoms with Crippen molar-refractivity contribution >= 4 is 21.9 Å². The zero-order chi connectivity index (χ0) is 27.2. The summed E-state index contributed by atoms with van der Waals surface area (Å²) in [5, 5.41) is 4.52. The van der Waals surface area contributed by atoms with Crippen LogP contribution in [0.2, 0.25) is 0 Å². The van der Waals surface area contributed by atoms with E-state index in [4.69, 9.17) is 4.74 Å². The number of aromatic nitrogens is 4. The quantitative estimate of drug-likeness (QED) is 0.340. The molecule has 9 nitrogen and oxygen atoms in total. The molecule has 1 aliphatic heterocycles. The van der Waals surface area contributed by atoms with Gasteiger partial charge in [-0.25, -0.2) is 22.5 Å². The summed E-state index contributed by atoms with van der Waals surface area (Å²) in [6.45, 7) is 0.140. The number of fused-ring (bicyclic) bond motifs is 2. The van der Waals surface area contributed by atoms with E-state index < -0.39 is 15.4 Å². The number of hydrogen-bond donors (Lipinski definition) is 0. The van der Waals surface area contributed by atoms with Gasteiger partial charge < -0.3 is 4.74 Å². The molecular weight excluding hydrogens is 521 g/mol. The monoisotopic (exact) mass is 545 g/mol. The molecule has 11 heteroatoms. The Balaban J connectivity index is 1.43. The molecule has 39 heavy (non-hydrogen) atoms. The molecule has 198 valence electrons. The summed E-state index contributed by atoms with van der Waals surface area (Å²) in [6.07, 6.45) is 7.01. The molecule has 0 saturated carbocycles. The van der Waals surface area contributed by atoms with Gasteiger partial charge in [-0.2, -0.15) is 9.40 Å². The minimum absolute atomic E-state index is 0.0248. The van der Waals surface area contributed by atoms with Crippen LogP contribution in [0.15, 0.2) is 83.7 Å². The van der Waals surface area contributed by atoms with Crippen LogP contribution >= 0.6 is 0 Å². The van der Waals surface area contributed by atoms with E-state index >= 15 is 0 Å². The summed E-state index contributed by atoms with van der Waals surface area (Å²) in [4.78, 5) is 22.5. The van der Waals surface area contributed by atoms with Crippen LogP contribution < -0.4 is 4.74 Å². The first-order valence-corrected chi connectivity index (χ1v) is 13.8. The maximum atomic E-state index is 14.1. The van der Waals surface area contributed by atoms with Crippen LogP contribution in [0.25, 0.3) is 11.8 Å². The maximum Gasteiger partial charge on any atom is 0.244 e. The van der Waals surface area contributed by atoms with Gasteiger partial charge in [0.15, 0.2) is 5.78 Å². The van der Waals surface area contributed by atoms with Crippen molar-refractivity contribution in [3.05, 3.63) is 102 Å². The molecule has 1 atom stereocenters. The van der Waals surface area contributed by atoms with Gasteiger partial charge in [0.05, 0.1) is 36.3 Å². The van der Waals surface area contributed by atoms with Crippen molar-refractivity contribution in [1.82, 2.24) is 24.1 Å². The molecule has 6 rings (SSSR count). The van der Waals surface area contributed by atoms with Gasteiger partial charge >= 0.3 is 0 Å². The van der Waals surface area contributed by atoms with E-state index in [0.717, 1.165) is 16.8 Å². The minimum Gasteiger partial charge on any atom is -0.481 e. The Bertz CT molecular complexity index is 1690. The number of ether oxygens (including phenoxy) is 1. The zero-order valence-corrected chi connectivity index (χ0v) is 21.8. The smallest absolute Gasteiger partial charge is 0.244 e. The highest BCUT2D eigenvalue weighted by Gasteiger charge is 2.51. The molecule has 0 radical (unpaired) electrons. The molecule has 0 amide bonds. The number of pyridine rings is 2. The third kappa shape index (κ3) is 4.23. The van der Waals surface area contributed by atoms with Crippen molar-refractivity contribution in [2.24, 2.45) is 5.41 Å². The Morgan fingerprint density at radius 3 is 2.56 bits per heavy atom. The lowest BCUT2D eigenvalue weighted by Crippen LogP contribution is -2.53. The van der Waals surface area contributed by atoms with E-state index in [2.05, 4.69) is 15.1 Å². The second-order valence-corrected chi connectivity index (χ2v) is 11.5. The second-order valence-electron chi connectivity index (χ2n) is 9.54. The van der Waals surface area contributed by atoms with Crippen molar-refractivity contribution in [3.8, 4) is 11.6 Å². The predicted octanol–water partition coefficient (Wildman–Crippen LogP) is 3.71. The number of ketones is 1. The molecule has 1 unspecified atom stereocenters. The fraction of sp³-hybridized carbons (Fsp3) is 0.214. The summed E-state index contributed by atoms with van der Waals surface area (Å²) in [5.74, 6) is -0.293. The van der Waals surface area contributed by atoms with E-state index in [-0.39, 0.29) is 41.7 Å². The SMILES string of the molecule is COc1ccc(S(=O)(=O)N2CCC3=Cc4c(cnn4-c4ccc(F)cc4)CC3(C(=O)c3ccccn3)C2)cn1. The molecule has 1 aromatic carbocycles. The standard InChI is InChI=1S/C28H24FN5O4S/c1-38-26-10-9-23(17-31-26)39(36,37)33-13-11-20-14-25-19(16-32-34(25)22-7-5-21(29)6-8-22)15-28(20,18-33)27(35)24-4-2-3-12-30-24/h2-10,12,14,16-17H,11,13,15,18H2,1H3. The number of Topliss-reactive ketones (excluding diaryl/α,β-unsaturated/α-hetero) is 1. The molecule has 4 aromatic rings. The van der Waals surface area contributed by atoms with E-state index in [9.17, 15) is 17.6 Å². The molecule has 0 spiro atoms. The lowest BCUT2D eigenvalue weighted by molar-refractivity contribution is 0.0770. The number of carbonyl (C=O) groups excluding carboxylic acids is 1. The van der Waals surface area contributed by atoms with Crippen molar-refractivity contribution in [3.63, 3.8) is 0 Å². The minimum atomic E-state index is -3.95. The highest BCUT2D eigenvalue weighted by molar-refractivity contribution is 7.89. The van der Waals surface area contributed by atoms with Crippen molar-refractivity contribution < 1.29 is 22.3 Å². The van der Waals surface area contributed by atoms with Gasteiger partial charge in [-0.3, -0.25) is 9.78 Å². The van der Waals surface area contributed by atoms with Gasteiger partial charge in [-0.05, 0) is 66.9 Å². The number of sulfonamides is 1. The van der Waals surface area contributed by atoms with E-state index in [1.54, 1.807) is 47.4 Å². The van der Waals surface area contributed by atoms with Crippen molar-refractivity contribution in [1.29, 1.82) is 0 Å². The Kier molecular flexibility index (Phi) is 6.12. The Morgan fingerprint density at radius 2 is 1.87 bits per heavy atom. The van der Waals surface area contributed by atoms with Gasteiger partial charge in [-0.1, -0.05) is 11.6 Å². The van der Waals surface area contributed by atoms with Crippen LogP contribution in [0, 0.1) is 11.2 Å². The van der Waals surface area contributed by atoms with Crippen molar-refractivity contribution in [2.75, 3.05) is 20.2 Å². The van der Waals surface area contributed by atoms with Gasteiger partial charge in [0, 0.05) is 25.4 Å². The number of rotatable bonds is 6. The van der Waals surface area contributed by atoms with E-state index in [1.165, 1.54) is 41.9 Å². The number of benzene rings is 1. The lowest BCUT2D eigenvalue weighted by Gasteiger charge is -2.44. The summed E-state index contributed by atoms with van der Waals surface area (Å²) in [6, 6.07) is 14.1. The maximum absolute atomic E-state index is 14.1. The first-order chi connectivity index (χ1) is 18.8. The first-order valence-electron chi connectivity index (χ1n) is 12.3. The first kappa shape index (κ1) is 25.1. The predicted molar refractivity (Wildman–Crippen MR) is 140 cm³/mol. The fourth-order valence-corrected chi connectivity index (χ4v) is 6.79. The number of halogens is 1. The van der Waals surface area contributed by atoms with E-state index in [0.29, 0.717) is 18.0 Å².